The van der Waals surface area contributed by atoms with Crippen LogP contribution in [0.1, 0.15) is 44.9 Å². The van der Waals surface area contributed by atoms with E-state index in [0.717, 1.165) is 0 Å². The maximum absolute atomic E-state index is 11.6. The van der Waals surface area contributed by atoms with Crippen molar-refractivity contribution in [2.24, 2.45) is 0 Å². The fourth-order valence-electron chi connectivity index (χ4n) is 1.80. The molecule has 1 aromatic rings. The summed E-state index contributed by atoms with van der Waals surface area (Å²) in [6.45, 7) is 9.96. The first kappa shape index (κ1) is 14.7. The van der Waals surface area contributed by atoms with Crippen LogP contribution in [0.3, 0.4) is 0 Å². The Balaban J connectivity index is 2.49. The lowest BCUT2D eigenvalue weighted by Gasteiger charge is -2.21. The van der Waals surface area contributed by atoms with Crippen LogP contribution in [0.4, 0.5) is 0 Å². The second-order valence-electron chi connectivity index (χ2n) is 5.55. The van der Waals surface area contributed by atoms with Crippen molar-refractivity contribution in [2.45, 2.75) is 46.3 Å². The van der Waals surface area contributed by atoms with Crippen LogP contribution in [-0.4, -0.2) is 18.1 Å². The molecule has 0 unspecified atom stereocenters. The van der Waals surface area contributed by atoms with Gasteiger partial charge in [-0.1, -0.05) is 24.3 Å². The van der Waals surface area contributed by atoms with E-state index < -0.39 is 5.60 Å². The lowest BCUT2D eigenvalue weighted by atomic mass is 10.0. The third-order valence-electron chi connectivity index (χ3n) is 2.63. The predicted octanol–water partition coefficient (Wildman–Crippen LogP) is 2.99. The summed E-state index contributed by atoms with van der Waals surface area (Å²) >= 11 is 0. The van der Waals surface area contributed by atoms with Gasteiger partial charge in [-0.05, 0) is 45.7 Å². The fourth-order valence-corrected chi connectivity index (χ4v) is 1.80. The normalized spacial score (nSPS) is 13.2. The highest BCUT2D eigenvalue weighted by atomic mass is 16.6. The van der Waals surface area contributed by atoms with Crippen LogP contribution in [0.5, 0.6) is 0 Å². The molecular formula is C15H23NO2. The van der Waals surface area contributed by atoms with E-state index in [4.69, 9.17) is 4.74 Å². The monoisotopic (exact) mass is 249 g/mol. The van der Waals surface area contributed by atoms with Crippen LogP contribution in [0.15, 0.2) is 24.3 Å². The Morgan fingerprint density at radius 3 is 2.50 bits per heavy atom. The molecule has 0 aromatic heterocycles. The van der Waals surface area contributed by atoms with Gasteiger partial charge < -0.3 is 10.1 Å². The topological polar surface area (TPSA) is 38.3 Å². The minimum absolute atomic E-state index is 0.138. The van der Waals surface area contributed by atoms with Gasteiger partial charge in [0, 0.05) is 6.04 Å². The second-order valence-corrected chi connectivity index (χ2v) is 5.55. The first-order valence-electron chi connectivity index (χ1n) is 6.30. The highest BCUT2D eigenvalue weighted by Crippen LogP contribution is 2.16. The molecule has 3 heteroatoms. The molecule has 0 saturated heterocycles. The number of aryl methyl sites for hydroxylation is 1. The number of benzene rings is 1. The quantitative estimate of drug-likeness (QED) is 0.834. The molecule has 0 aliphatic heterocycles. The van der Waals surface area contributed by atoms with Gasteiger partial charge in [0.1, 0.15) is 5.60 Å². The molecule has 1 rings (SSSR count). The van der Waals surface area contributed by atoms with Gasteiger partial charge in [0.15, 0.2) is 0 Å². The minimum Gasteiger partial charge on any atom is -0.459 e. The van der Waals surface area contributed by atoms with E-state index in [1.807, 2.05) is 39.8 Å². The van der Waals surface area contributed by atoms with Crippen molar-refractivity contribution >= 4 is 5.97 Å². The maximum Gasteiger partial charge on any atom is 0.320 e. The number of rotatable bonds is 4. The third kappa shape index (κ3) is 4.88. The molecule has 0 bridgehead atoms. The number of hydrogen-bond acceptors (Lipinski definition) is 3. The van der Waals surface area contributed by atoms with E-state index in [-0.39, 0.29) is 18.6 Å². The average Bonchev–Trinajstić information content (AvgIpc) is 2.24. The van der Waals surface area contributed by atoms with Gasteiger partial charge in [0.25, 0.3) is 0 Å². The van der Waals surface area contributed by atoms with E-state index in [0.29, 0.717) is 0 Å². The van der Waals surface area contributed by atoms with Gasteiger partial charge in [0.05, 0.1) is 6.54 Å². The lowest BCUT2D eigenvalue weighted by Crippen LogP contribution is -2.32. The molecule has 0 saturated carbocycles. The summed E-state index contributed by atoms with van der Waals surface area (Å²) in [5.41, 5.74) is 2.01. The van der Waals surface area contributed by atoms with Crippen LogP contribution in [0.2, 0.25) is 0 Å². The van der Waals surface area contributed by atoms with Gasteiger partial charge in [-0.25, -0.2) is 0 Å². The van der Waals surface area contributed by atoms with Crippen LogP contribution in [0.25, 0.3) is 0 Å². The van der Waals surface area contributed by atoms with Crippen LogP contribution in [-0.2, 0) is 9.53 Å². The molecule has 18 heavy (non-hydrogen) atoms. The minimum atomic E-state index is -0.426. The van der Waals surface area contributed by atoms with Crippen molar-refractivity contribution in [3.8, 4) is 0 Å². The summed E-state index contributed by atoms with van der Waals surface area (Å²) in [5.74, 6) is -0.220. The van der Waals surface area contributed by atoms with Crippen LogP contribution in [0, 0.1) is 6.92 Å². The molecule has 1 atom stereocenters. The van der Waals surface area contributed by atoms with Gasteiger partial charge in [-0.2, -0.15) is 0 Å². The zero-order chi connectivity index (χ0) is 13.8. The van der Waals surface area contributed by atoms with E-state index in [9.17, 15) is 4.79 Å². The molecule has 0 aliphatic carbocycles. The van der Waals surface area contributed by atoms with E-state index >= 15 is 0 Å². The fraction of sp³-hybridized carbons (Fsp3) is 0.533. The SMILES string of the molecule is Cc1ccccc1[C@H](C)NCC(=O)OC(C)(C)C. The zero-order valence-electron chi connectivity index (χ0n) is 11.9. The van der Waals surface area contributed by atoms with Gasteiger partial charge in [-0.15, -0.1) is 0 Å². The maximum atomic E-state index is 11.6. The van der Waals surface area contributed by atoms with E-state index in [1.165, 1.54) is 11.1 Å². The molecule has 0 fully saturated rings. The highest BCUT2D eigenvalue weighted by Gasteiger charge is 2.17. The molecule has 0 heterocycles. The van der Waals surface area contributed by atoms with E-state index in [2.05, 4.69) is 24.4 Å². The van der Waals surface area contributed by atoms with Gasteiger partial charge in [0.2, 0.25) is 0 Å². The van der Waals surface area contributed by atoms with Crippen molar-refractivity contribution in [1.29, 1.82) is 0 Å². The third-order valence-corrected chi connectivity index (χ3v) is 2.63. The summed E-state index contributed by atoms with van der Waals surface area (Å²) < 4.78 is 5.25. The zero-order valence-corrected chi connectivity index (χ0v) is 11.9. The molecule has 0 aliphatic rings. The molecule has 0 amide bonds. The Labute approximate surface area is 110 Å². The number of hydrogen-bond donors (Lipinski definition) is 1. The predicted molar refractivity (Wildman–Crippen MR) is 73.4 cm³/mol. The lowest BCUT2D eigenvalue weighted by molar-refractivity contribution is -0.153. The number of nitrogens with one attached hydrogen (secondary N) is 1. The number of carbonyl (C=O) groups is 1. The molecule has 0 radical (unpaired) electrons. The summed E-state index contributed by atoms with van der Waals surface area (Å²) in [7, 11) is 0. The Hall–Kier alpha value is -1.35. The van der Waals surface area contributed by atoms with Crippen molar-refractivity contribution in [1.82, 2.24) is 5.32 Å². The van der Waals surface area contributed by atoms with Crippen molar-refractivity contribution in [3.05, 3.63) is 35.4 Å². The highest BCUT2D eigenvalue weighted by molar-refractivity contribution is 5.72. The molecular weight excluding hydrogens is 226 g/mol. The number of ether oxygens (including phenoxy) is 1. The Bertz CT molecular complexity index is 407. The van der Waals surface area contributed by atoms with Crippen molar-refractivity contribution in [2.75, 3.05) is 6.54 Å². The van der Waals surface area contributed by atoms with Crippen molar-refractivity contribution in [3.63, 3.8) is 0 Å². The Morgan fingerprint density at radius 2 is 1.94 bits per heavy atom. The van der Waals surface area contributed by atoms with Gasteiger partial charge in [-0.3, -0.25) is 4.79 Å². The van der Waals surface area contributed by atoms with Gasteiger partial charge >= 0.3 is 5.97 Å². The summed E-state index contributed by atoms with van der Waals surface area (Å²) in [4.78, 5) is 11.6. The summed E-state index contributed by atoms with van der Waals surface area (Å²) in [6, 6.07) is 8.30. The Kier molecular flexibility index (Phi) is 4.91. The average molecular weight is 249 g/mol. The number of carbonyl (C=O) groups excluding carboxylic acids is 1. The van der Waals surface area contributed by atoms with Crippen LogP contribution >= 0.6 is 0 Å². The molecule has 1 N–H and O–H groups in total. The molecule has 0 spiro atoms. The molecule has 100 valence electrons. The first-order valence-corrected chi connectivity index (χ1v) is 6.30. The summed E-state index contributed by atoms with van der Waals surface area (Å²) in [6.07, 6.45) is 0. The largest absolute Gasteiger partial charge is 0.459 e. The first-order chi connectivity index (χ1) is 8.29. The van der Waals surface area contributed by atoms with Crippen LogP contribution < -0.4 is 5.32 Å². The smallest absolute Gasteiger partial charge is 0.320 e. The second kappa shape index (κ2) is 6.01. The number of esters is 1. The summed E-state index contributed by atoms with van der Waals surface area (Å²) in [5, 5.41) is 3.19. The molecule has 1 aromatic carbocycles. The molecule has 3 nitrogen and oxygen atoms in total. The standard InChI is InChI=1S/C15H23NO2/c1-11-8-6-7-9-13(11)12(2)16-10-14(17)18-15(3,4)5/h6-9,12,16H,10H2,1-5H3/t12-/m0/s1. The van der Waals surface area contributed by atoms with E-state index in [1.54, 1.807) is 0 Å². The van der Waals surface area contributed by atoms with Crippen molar-refractivity contribution < 1.29 is 9.53 Å². The Morgan fingerprint density at radius 1 is 1.33 bits per heavy atom.